The molecule has 2 aliphatic rings. The number of hydrogen-bond acceptors (Lipinski definition) is 3. The minimum Gasteiger partial charge on any atom is -0.334 e. The molecule has 0 aliphatic carbocycles. The SMILES string of the molecule is CCCN(C(=O)c1ccnn1C)C1CC2CCC(C1)N2. The van der Waals surface area contributed by atoms with Crippen molar-refractivity contribution < 1.29 is 4.79 Å². The van der Waals surface area contributed by atoms with Gasteiger partial charge in [-0.05, 0) is 38.2 Å². The van der Waals surface area contributed by atoms with Gasteiger partial charge in [0.2, 0.25) is 0 Å². The van der Waals surface area contributed by atoms with E-state index in [1.807, 2.05) is 13.1 Å². The van der Waals surface area contributed by atoms with Crippen LogP contribution in [0.3, 0.4) is 0 Å². The van der Waals surface area contributed by atoms with E-state index >= 15 is 0 Å². The number of carbonyl (C=O) groups excluding carboxylic acids is 1. The van der Waals surface area contributed by atoms with Crippen molar-refractivity contribution in [3.63, 3.8) is 0 Å². The van der Waals surface area contributed by atoms with E-state index in [2.05, 4.69) is 22.2 Å². The van der Waals surface area contributed by atoms with E-state index in [0.29, 0.717) is 23.8 Å². The van der Waals surface area contributed by atoms with Gasteiger partial charge in [0.05, 0.1) is 0 Å². The van der Waals surface area contributed by atoms with Gasteiger partial charge in [-0.2, -0.15) is 5.10 Å². The van der Waals surface area contributed by atoms with Gasteiger partial charge in [-0.3, -0.25) is 9.48 Å². The Morgan fingerprint density at radius 3 is 2.70 bits per heavy atom. The van der Waals surface area contributed by atoms with Crippen LogP contribution in [0.2, 0.25) is 0 Å². The molecular weight excluding hydrogens is 252 g/mol. The smallest absolute Gasteiger partial charge is 0.272 e. The van der Waals surface area contributed by atoms with E-state index in [4.69, 9.17) is 0 Å². The number of rotatable bonds is 4. The Morgan fingerprint density at radius 2 is 2.15 bits per heavy atom. The van der Waals surface area contributed by atoms with Crippen molar-refractivity contribution in [3.05, 3.63) is 18.0 Å². The van der Waals surface area contributed by atoms with Gasteiger partial charge in [-0.15, -0.1) is 0 Å². The van der Waals surface area contributed by atoms with Crippen molar-refractivity contribution in [2.45, 2.75) is 57.2 Å². The van der Waals surface area contributed by atoms with Crippen LogP contribution >= 0.6 is 0 Å². The quantitative estimate of drug-likeness (QED) is 0.908. The van der Waals surface area contributed by atoms with Crippen LogP contribution in [0, 0.1) is 0 Å². The van der Waals surface area contributed by atoms with Crippen molar-refractivity contribution in [1.29, 1.82) is 0 Å². The fourth-order valence-corrected chi connectivity index (χ4v) is 3.70. The molecule has 2 unspecified atom stereocenters. The zero-order valence-corrected chi connectivity index (χ0v) is 12.4. The van der Waals surface area contributed by atoms with Crippen molar-refractivity contribution in [1.82, 2.24) is 20.0 Å². The predicted molar refractivity (Wildman–Crippen MR) is 77.5 cm³/mol. The second-order valence-electron chi connectivity index (χ2n) is 6.10. The van der Waals surface area contributed by atoms with Crippen molar-refractivity contribution >= 4 is 5.91 Å². The van der Waals surface area contributed by atoms with E-state index in [1.165, 1.54) is 12.8 Å². The lowest BCUT2D eigenvalue weighted by Crippen LogP contribution is -2.50. The van der Waals surface area contributed by atoms with Crippen LogP contribution in [-0.4, -0.2) is 45.3 Å². The summed E-state index contributed by atoms with van der Waals surface area (Å²) in [7, 11) is 1.84. The zero-order chi connectivity index (χ0) is 14.1. The van der Waals surface area contributed by atoms with E-state index in [1.54, 1.807) is 10.9 Å². The Hall–Kier alpha value is -1.36. The Labute approximate surface area is 120 Å². The van der Waals surface area contributed by atoms with Crippen LogP contribution in [0.15, 0.2) is 12.3 Å². The van der Waals surface area contributed by atoms with Crippen molar-refractivity contribution in [3.8, 4) is 0 Å². The lowest BCUT2D eigenvalue weighted by Gasteiger charge is -2.37. The second-order valence-corrected chi connectivity index (χ2v) is 6.10. The van der Waals surface area contributed by atoms with E-state index in [9.17, 15) is 4.79 Å². The fraction of sp³-hybridized carbons (Fsp3) is 0.733. The highest BCUT2D eigenvalue weighted by Crippen LogP contribution is 2.30. The first kappa shape index (κ1) is 13.6. The molecule has 20 heavy (non-hydrogen) atoms. The molecule has 2 saturated heterocycles. The first-order valence-electron chi connectivity index (χ1n) is 7.74. The number of nitrogens with zero attached hydrogens (tertiary/aromatic N) is 3. The minimum atomic E-state index is 0.137. The fourth-order valence-electron chi connectivity index (χ4n) is 3.70. The Morgan fingerprint density at radius 1 is 1.45 bits per heavy atom. The molecule has 2 fully saturated rings. The largest absolute Gasteiger partial charge is 0.334 e. The molecule has 3 heterocycles. The van der Waals surface area contributed by atoms with Gasteiger partial charge in [0, 0.05) is 37.9 Å². The third-order valence-electron chi connectivity index (χ3n) is 4.65. The van der Waals surface area contributed by atoms with Gasteiger partial charge in [-0.25, -0.2) is 0 Å². The number of carbonyl (C=O) groups is 1. The van der Waals surface area contributed by atoms with E-state index in [-0.39, 0.29) is 5.91 Å². The molecule has 3 rings (SSSR count). The topological polar surface area (TPSA) is 50.2 Å². The van der Waals surface area contributed by atoms with Crippen LogP contribution in [0.1, 0.15) is 49.5 Å². The Kier molecular flexibility index (Phi) is 3.78. The first-order valence-corrected chi connectivity index (χ1v) is 7.74. The maximum absolute atomic E-state index is 12.8. The van der Waals surface area contributed by atoms with Gasteiger partial charge in [-0.1, -0.05) is 6.92 Å². The molecule has 2 aliphatic heterocycles. The standard InChI is InChI=1S/C15H24N4O/c1-3-8-19(15(20)14-6-7-16-18(14)2)13-9-11-4-5-12(10-13)17-11/h6-7,11-13,17H,3-5,8-10H2,1-2H3. The van der Waals surface area contributed by atoms with Crippen molar-refractivity contribution in [2.24, 2.45) is 7.05 Å². The molecule has 0 radical (unpaired) electrons. The minimum absolute atomic E-state index is 0.137. The predicted octanol–water partition coefficient (Wildman–Crippen LogP) is 1.56. The molecule has 1 N–H and O–H groups in total. The molecule has 1 aromatic heterocycles. The van der Waals surface area contributed by atoms with Crippen LogP contribution in [-0.2, 0) is 7.05 Å². The van der Waals surface area contributed by atoms with Gasteiger partial charge < -0.3 is 10.2 Å². The van der Waals surface area contributed by atoms with Gasteiger partial charge in [0.1, 0.15) is 5.69 Å². The van der Waals surface area contributed by atoms with Gasteiger partial charge in [0.15, 0.2) is 0 Å². The Bertz CT molecular complexity index is 472. The summed E-state index contributed by atoms with van der Waals surface area (Å²) < 4.78 is 1.68. The summed E-state index contributed by atoms with van der Waals surface area (Å²) in [5.74, 6) is 0.137. The normalized spacial score (nSPS) is 28.6. The molecule has 5 heteroatoms. The summed E-state index contributed by atoms with van der Waals surface area (Å²) >= 11 is 0. The average Bonchev–Trinajstić information content (AvgIpc) is 3.01. The first-order chi connectivity index (χ1) is 9.69. The lowest BCUT2D eigenvalue weighted by molar-refractivity contribution is 0.0605. The molecule has 0 spiro atoms. The average molecular weight is 276 g/mol. The number of piperidine rings is 1. The summed E-state index contributed by atoms with van der Waals surface area (Å²) in [6.07, 6.45) is 7.43. The van der Waals surface area contributed by atoms with Gasteiger partial charge >= 0.3 is 0 Å². The molecule has 0 aromatic carbocycles. The number of nitrogens with one attached hydrogen (secondary N) is 1. The van der Waals surface area contributed by atoms with Crippen LogP contribution < -0.4 is 5.32 Å². The molecule has 2 atom stereocenters. The molecule has 0 saturated carbocycles. The zero-order valence-electron chi connectivity index (χ0n) is 12.4. The number of amides is 1. The lowest BCUT2D eigenvalue weighted by atomic mass is 9.97. The molecule has 1 aromatic rings. The van der Waals surface area contributed by atoms with Crippen LogP contribution in [0.5, 0.6) is 0 Å². The second kappa shape index (κ2) is 5.56. The number of aryl methyl sites for hydroxylation is 1. The van der Waals surface area contributed by atoms with Crippen molar-refractivity contribution in [2.75, 3.05) is 6.54 Å². The summed E-state index contributed by atoms with van der Waals surface area (Å²) in [6, 6.07) is 3.42. The van der Waals surface area contributed by atoms with E-state index < -0.39 is 0 Å². The maximum Gasteiger partial charge on any atom is 0.272 e. The summed E-state index contributed by atoms with van der Waals surface area (Å²) in [5.41, 5.74) is 0.698. The number of hydrogen-bond donors (Lipinski definition) is 1. The molecule has 1 amide bonds. The van der Waals surface area contributed by atoms with Crippen LogP contribution in [0.4, 0.5) is 0 Å². The maximum atomic E-state index is 12.8. The highest BCUT2D eigenvalue weighted by atomic mass is 16.2. The highest BCUT2D eigenvalue weighted by Gasteiger charge is 2.37. The number of fused-ring (bicyclic) bond motifs is 2. The van der Waals surface area contributed by atoms with Crippen LogP contribution in [0.25, 0.3) is 0 Å². The summed E-state index contributed by atoms with van der Waals surface area (Å²) in [4.78, 5) is 14.9. The van der Waals surface area contributed by atoms with E-state index in [0.717, 1.165) is 25.8 Å². The highest BCUT2D eigenvalue weighted by molar-refractivity contribution is 5.92. The third kappa shape index (κ3) is 2.46. The summed E-state index contributed by atoms with van der Waals surface area (Å²) in [6.45, 7) is 2.98. The monoisotopic (exact) mass is 276 g/mol. The molecular formula is C15H24N4O. The molecule has 110 valence electrons. The molecule has 2 bridgehead atoms. The number of aromatic nitrogens is 2. The summed E-state index contributed by atoms with van der Waals surface area (Å²) in [5, 5.41) is 7.77. The third-order valence-corrected chi connectivity index (χ3v) is 4.65. The van der Waals surface area contributed by atoms with Gasteiger partial charge in [0.25, 0.3) is 5.91 Å². The Balaban J connectivity index is 1.78. The molecule has 5 nitrogen and oxygen atoms in total.